The van der Waals surface area contributed by atoms with Crippen molar-refractivity contribution in [1.29, 1.82) is 5.26 Å². The number of fused-ring (bicyclic) bond motifs is 3. The number of nitriles is 1. The Kier molecular flexibility index (Phi) is 4.53. The van der Waals surface area contributed by atoms with E-state index < -0.39 is 0 Å². The molecule has 5 aromatic rings. The zero-order chi connectivity index (χ0) is 21.4. The molecule has 5 nitrogen and oxygen atoms in total. The second kappa shape index (κ2) is 7.51. The smallest absolute Gasteiger partial charge is 0.119 e. The molecule has 0 fully saturated rings. The Hall–Kier alpha value is -4.30. The minimum absolute atomic E-state index is 0.602. The maximum absolute atomic E-state index is 9.58. The molecule has 3 aromatic carbocycles. The highest BCUT2D eigenvalue weighted by atomic mass is 16.5. The summed E-state index contributed by atoms with van der Waals surface area (Å²) in [5.74, 6) is 1.57. The molecule has 0 spiro atoms. The van der Waals surface area contributed by atoms with Crippen molar-refractivity contribution in [3.8, 4) is 34.4 Å². The molecule has 5 heteroatoms. The predicted octanol–water partition coefficient (Wildman–Crippen LogP) is 5.73. The highest BCUT2D eigenvalue weighted by Gasteiger charge is 2.17. The topological polar surface area (TPSA) is 60.1 Å². The van der Waals surface area contributed by atoms with Gasteiger partial charge in [-0.2, -0.15) is 5.26 Å². The number of hydrogen-bond donors (Lipinski definition) is 0. The number of nitrogens with zero attached hydrogens (tertiary/aromatic N) is 3. The zero-order valence-electron chi connectivity index (χ0n) is 17.2. The number of ether oxygens (including phenoxy) is 2. The van der Waals surface area contributed by atoms with Gasteiger partial charge in [0, 0.05) is 28.7 Å². The van der Waals surface area contributed by atoms with E-state index in [9.17, 15) is 5.26 Å². The van der Waals surface area contributed by atoms with E-state index in [1.165, 1.54) is 0 Å². The van der Waals surface area contributed by atoms with Crippen LogP contribution in [0, 0.1) is 11.3 Å². The monoisotopic (exact) mass is 405 g/mol. The average molecular weight is 405 g/mol. The van der Waals surface area contributed by atoms with Crippen molar-refractivity contribution >= 4 is 21.8 Å². The minimum atomic E-state index is 0.602. The van der Waals surface area contributed by atoms with Crippen molar-refractivity contribution in [2.75, 3.05) is 14.2 Å². The van der Waals surface area contributed by atoms with Gasteiger partial charge in [-0.1, -0.05) is 6.07 Å². The van der Waals surface area contributed by atoms with Crippen LogP contribution in [0.15, 0.2) is 79.1 Å². The van der Waals surface area contributed by atoms with Crippen molar-refractivity contribution in [3.05, 3.63) is 84.7 Å². The van der Waals surface area contributed by atoms with Crippen molar-refractivity contribution in [3.63, 3.8) is 0 Å². The molecule has 0 radical (unpaired) electrons. The normalized spacial score (nSPS) is 10.9. The number of hydrogen-bond acceptors (Lipinski definition) is 4. The van der Waals surface area contributed by atoms with E-state index in [1.807, 2.05) is 54.6 Å². The highest BCUT2D eigenvalue weighted by molar-refractivity contribution is 6.10. The Morgan fingerprint density at radius 2 is 1.39 bits per heavy atom. The van der Waals surface area contributed by atoms with Crippen LogP contribution in [0.4, 0.5) is 0 Å². The second-order valence-electron chi connectivity index (χ2n) is 7.18. The second-order valence-corrected chi connectivity index (χ2v) is 7.18. The van der Waals surface area contributed by atoms with Gasteiger partial charge in [-0.3, -0.25) is 4.98 Å². The highest BCUT2D eigenvalue weighted by Crippen LogP contribution is 2.39. The number of aromatic nitrogens is 2. The summed E-state index contributed by atoms with van der Waals surface area (Å²) in [6, 6.07) is 24.1. The van der Waals surface area contributed by atoms with Gasteiger partial charge in [0.2, 0.25) is 0 Å². The molecule has 31 heavy (non-hydrogen) atoms. The first kappa shape index (κ1) is 18.7. The van der Waals surface area contributed by atoms with E-state index in [1.54, 1.807) is 26.6 Å². The van der Waals surface area contributed by atoms with E-state index in [-0.39, 0.29) is 0 Å². The molecule has 0 aliphatic rings. The van der Waals surface area contributed by atoms with Gasteiger partial charge in [-0.05, 0) is 66.2 Å². The molecular weight excluding hydrogens is 386 g/mol. The van der Waals surface area contributed by atoms with E-state index in [2.05, 4.69) is 27.8 Å². The fraction of sp³-hybridized carbons (Fsp3) is 0.0769. The third-order valence-corrected chi connectivity index (χ3v) is 5.54. The number of rotatable bonds is 4. The predicted molar refractivity (Wildman–Crippen MR) is 122 cm³/mol. The largest absolute Gasteiger partial charge is 0.497 e. The first-order chi connectivity index (χ1) is 15.2. The molecule has 0 atom stereocenters. The van der Waals surface area contributed by atoms with Crippen LogP contribution in [0.2, 0.25) is 0 Å². The quantitative estimate of drug-likeness (QED) is 0.383. The van der Waals surface area contributed by atoms with Crippen LogP contribution in [0.1, 0.15) is 5.56 Å². The van der Waals surface area contributed by atoms with Crippen LogP contribution in [0.3, 0.4) is 0 Å². The molecule has 0 N–H and O–H groups in total. The lowest BCUT2D eigenvalue weighted by Crippen LogP contribution is -1.98. The molecule has 0 aliphatic heterocycles. The Labute approximate surface area is 179 Å². The third kappa shape index (κ3) is 3.06. The number of pyridine rings is 1. The molecule has 2 heterocycles. The summed E-state index contributed by atoms with van der Waals surface area (Å²) in [4.78, 5) is 4.15. The van der Waals surface area contributed by atoms with Gasteiger partial charge in [0.25, 0.3) is 0 Å². The fourth-order valence-electron chi connectivity index (χ4n) is 4.06. The van der Waals surface area contributed by atoms with Crippen LogP contribution in [-0.4, -0.2) is 23.8 Å². The lowest BCUT2D eigenvalue weighted by Gasteiger charge is -2.14. The minimum Gasteiger partial charge on any atom is -0.497 e. The van der Waals surface area contributed by atoms with Gasteiger partial charge in [0.15, 0.2) is 0 Å². The van der Waals surface area contributed by atoms with Crippen molar-refractivity contribution in [1.82, 2.24) is 9.55 Å². The number of benzene rings is 3. The first-order valence-corrected chi connectivity index (χ1v) is 9.84. The molecule has 5 rings (SSSR count). The van der Waals surface area contributed by atoms with E-state index in [0.717, 1.165) is 50.1 Å². The third-order valence-electron chi connectivity index (χ3n) is 5.54. The summed E-state index contributed by atoms with van der Waals surface area (Å²) in [5, 5.41) is 11.7. The van der Waals surface area contributed by atoms with Crippen LogP contribution in [-0.2, 0) is 0 Å². The zero-order valence-corrected chi connectivity index (χ0v) is 17.2. The molecule has 150 valence electrons. The Bertz CT molecular complexity index is 1400. The van der Waals surface area contributed by atoms with Gasteiger partial charge in [0.05, 0.1) is 42.6 Å². The standard InChI is InChI=1S/C26H19N3O2/c1-30-19-4-7-24-22(14-19)23-15-20(31-2)5-8-25(23)29(24)26-13-17(16-27)3-6-21(26)18-9-11-28-12-10-18/h3-15H,1-2H3. The van der Waals surface area contributed by atoms with Gasteiger partial charge in [-0.25, -0.2) is 0 Å². The molecular formula is C26H19N3O2. The first-order valence-electron chi connectivity index (χ1n) is 9.84. The Morgan fingerprint density at radius 3 is 1.94 bits per heavy atom. The van der Waals surface area contributed by atoms with E-state index >= 15 is 0 Å². The van der Waals surface area contributed by atoms with Crippen molar-refractivity contribution < 1.29 is 9.47 Å². The van der Waals surface area contributed by atoms with Gasteiger partial charge in [0.1, 0.15) is 11.5 Å². The SMILES string of the molecule is COc1ccc2c(c1)c1cc(OC)ccc1n2-c1cc(C#N)ccc1-c1ccncc1. The maximum atomic E-state index is 9.58. The molecule has 2 aromatic heterocycles. The van der Waals surface area contributed by atoms with Crippen molar-refractivity contribution in [2.45, 2.75) is 0 Å². The maximum Gasteiger partial charge on any atom is 0.119 e. The summed E-state index contributed by atoms with van der Waals surface area (Å²) in [6.07, 6.45) is 3.55. The Morgan fingerprint density at radius 1 is 0.774 bits per heavy atom. The summed E-state index contributed by atoms with van der Waals surface area (Å²) in [5.41, 5.74) is 5.63. The van der Waals surface area contributed by atoms with Crippen LogP contribution in [0.5, 0.6) is 11.5 Å². The van der Waals surface area contributed by atoms with Crippen LogP contribution >= 0.6 is 0 Å². The number of methoxy groups -OCH3 is 2. The lowest BCUT2D eigenvalue weighted by molar-refractivity contribution is 0.415. The fourth-order valence-corrected chi connectivity index (χ4v) is 4.06. The summed E-state index contributed by atoms with van der Waals surface area (Å²) < 4.78 is 13.2. The average Bonchev–Trinajstić information content (AvgIpc) is 3.16. The molecule has 0 unspecified atom stereocenters. The lowest BCUT2D eigenvalue weighted by atomic mass is 10.0. The van der Waals surface area contributed by atoms with E-state index in [0.29, 0.717) is 5.56 Å². The van der Waals surface area contributed by atoms with Crippen LogP contribution in [0.25, 0.3) is 38.6 Å². The van der Waals surface area contributed by atoms with E-state index in [4.69, 9.17) is 9.47 Å². The van der Waals surface area contributed by atoms with Crippen molar-refractivity contribution in [2.24, 2.45) is 0 Å². The Balaban J connectivity index is 1.92. The van der Waals surface area contributed by atoms with Gasteiger partial charge < -0.3 is 14.0 Å². The summed E-state index contributed by atoms with van der Waals surface area (Å²) in [6.45, 7) is 0. The summed E-state index contributed by atoms with van der Waals surface area (Å²) in [7, 11) is 3.33. The molecule has 0 amide bonds. The summed E-state index contributed by atoms with van der Waals surface area (Å²) >= 11 is 0. The van der Waals surface area contributed by atoms with Gasteiger partial charge in [-0.15, -0.1) is 0 Å². The molecule has 0 saturated heterocycles. The van der Waals surface area contributed by atoms with Gasteiger partial charge >= 0.3 is 0 Å². The molecule has 0 bridgehead atoms. The molecule has 0 aliphatic carbocycles. The van der Waals surface area contributed by atoms with Crippen LogP contribution < -0.4 is 9.47 Å². The molecule has 0 saturated carbocycles.